The normalized spacial score (nSPS) is 18.0. The van der Waals surface area contributed by atoms with E-state index in [4.69, 9.17) is 5.10 Å². The molecule has 0 saturated heterocycles. The second-order valence-electron chi connectivity index (χ2n) is 7.27. The number of hydrogen-bond donors (Lipinski definition) is 0. The topological polar surface area (TPSA) is 31.2 Å². The molecule has 2 heterocycles. The highest BCUT2D eigenvalue weighted by Gasteiger charge is 2.26. The zero-order chi connectivity index (χ0) is 18.9. The zero-order valence-corrected chi connectivity index (χ0v) is 15.9. The average Bonchev–Trinajstić information content (AvgIpc) is 3.25. The lowest BCUT2D eigenvalue weighted by Crippen LogP contribution is -2.27. The van der Waals surface area contributed by atoms with Crippen molar-refractivity contribution in [3.05, 3.63) is 95.6 Å². The van der Waals surface area contributed by atoms with E-state index in [2.05, 4.69) is 101 Å². The van der Waals surface area contributed by atoms with Crippen LogP contribution in [-0.4, -0.2) is 18.7 Å². The molecule has 0 bridgehead atoms. The molecule has 3 aromatic carbocycles. The van der Waals surface area contributed by atoms with Crippen LogP contribution in [0, 0.1) is 0 Å². The Hall–Kier alpha value is -3.40. The first-order chi connectivity index (χ1) is 13.8. The number of amidine groups is 2. The summed E-state index contributed by atoms with van der Waals surface area (Å²) in [5, 5.41) is 9.38. The third-order valence-electron chi connectivity index (χ3n) is 5.50. The molecule has 28 heavy (non-hydrogen) atoms. The third kappa shape index (κ3) is 2.97. The SMILES string of the molecule is CN1/C(=N\N=C2/Cc3ccccc3N2Cc2ccccc2)Cc2ccccc21. The molecule has 5 rings (SSSR count). The van der Waals surface area contributed by atoms with Gasteiger partial charge in [0.05, 0.1) is 0 Å². The first-order valence-electron chi connectivity index (χ1n) is 9.64. The molecule has 2 aliphatic heterocycles. The lowest BCUT2D eigenvalue weighted by atomic mass is 10.1. The lowest BCUT2D eigenvalue weighted by molar-refractivity contribution is 0.998. The van der Waals surface area contributed by atoms with Gasteiger partial charge in [-0.25, -0.2) is 0 Å². The minimum absolute atomic E-state index is 0.803. The van der Waals surface area contributed by atoms with Gasteiger partial charge >= 0.3 is 0 Å². The van der Waals surface area contributed by atoms with Crippen LogP contribution in [-0.2, 0) is 19.4 Å². The number of nitrogens with zero attached hydrogens (tertiary/aromatic N) is 4. The van der Waals surface area contributed by atoms with Crippen LogP contribution in [0.3, 0.4) is 0 Å². The number of benzene rings is 3. The standard InChI is InChI=1S/C24H22N4/c1-27-21-13-7-5-11-19(21)15-23(27)25-26-24-16-20-12-6-8-14-22(20)28(24)17-18-9-3-2-4-10-18/h2-14H,15-17H2,1H3/b25-23-,26-24+. The van der Waals surface area contributed by atoms with Crippen LogP contribution in [0.25, 0.3) is 0 Å². The summed E-state index contributed by atoms with van der Waals surface area (Å²) in [7, 11) is 2.07. The van der Waals surface area contributed by atoms with Gasteiger partial charge < -0.3 is 9.80 Å². The molecular formula is C24H22N4. The van der Waals surface area contributed by atoms with E-state index in [1.807, 2.05) is 0 Å². The van der Waals surface area contributed by atoms with Gasteiger partial charge in [0.1, 0.15) is 11.7 Å². The highest BCUT2D eigenvalue weighted by molar-refractivity contribution is 6.07. The predicted molar refractivity (Wildman–Crippen MR) is 116 cm³/mol. The first kappa shape index (κ1) is 16.8. The van der Waals surface area contributed by atoms with Crippen LogP contribution in [0.15, 0.2) is 89.1 Å². The second kappa shape index (κ2) is 6.97. The maximum Gasteiger partial charge on any atom is 0.136 e. The molecule has 0 saturated carbocycles. The van der Waals surface area contributed by atoms with Crippen molar-refractivity contribution in [2.24, 2.45) is 10.2 Å². The van der Waals surface area contributed by atoms with Gasteiger partial charge in [-0.2, -0.15) is 0 Å². The third-order valence-corrected chi connectivity index (χ3v) is 5.50. The molecule has 0 fully saturated rings. The molecule has 0 aliphatic carbocycles. The Morgan fingerprint density at radius 2 is 1.25 bits per heavy atom. The maximum absolute atomic E-state index is 4.72. The van der Waals surface area contributed by atoms with E-state index in [1.165, 1.54) is 28.1 Å². The smallest absolute Gasteiger partial charge is 0.136 e. The molecule has 2 aliphatic rings. The molecule has 0 unspecified atom stereocenters. The Morgan fingerprint density at radius 3 is 2.00 bits per heavy atom. The van der Waals surface area contributed by atoms with E-state index in [9.17, 15) is 0 Å². The van der Waals surface area contributed by atoms with E-state index < -0.39 is 0 Å². The molecule has 0 N–H and O–H groups in total. The molecule has 3 aromatic rings. The Balaban J connectivity index is 1.47. The summed E-state index contributed by atoms with van der Waals surface area (Å²) >= 11 is 0. The van der Waals surface area contributed by atoms with Gasteiger partial charge in [0, 0.05) is 37.8 Å². The van der Waals surface area contributed by atoms with Crippen LogP contribution in [0.1, 0.15) is 16.7 Å². The van der Waals surface area contributed by atoms with E-state index in [1.54, 1.807) is 0 Å². The Labute approximate surface area is 165 Å². The van der Waals surface area contributed by atoms with Crippen molar-refractivity contribution in [2.45, 2.75) is 19.4 Å². The summed E-state index contributed by atoms with van der Waals surface area (Å²) in [6, 6.07) is 27.5. The fourth-order valence-electron chi connectivity index (χ4n) is 3.99. The summed E-state index contributed by atoms with van der Waals surface area (Å²) in [5.74, 6) is 1.99. The highest BCUT2D eigenvalue weighted by atomic mass is 15.4. The van der Waals surface area contributed by atoms with Gasteiger partial charge in [0.25, 0.3) is 0 Å². The van der Waals surface area contributed by atoms with Crippen LogP contribution < -0.4 is 9.80 Å². The van der Waals surface area contributed by atoms with Gasteiger partial charge in [-0.05, 0) is 28.8 Å². The molecule has 0 amide bonds. The molecular weight excluding hydrogens is 344 g/mol. The van der Waals surface area contributed by atoms with Gasteiger partial charge in [0.15, 0.2) is 0 Å². The largest absolute Gasteiger partial charge is 0.331 e. The van der Waals surface area contributed by atoms with E-state index in [0.29, 0.717) is 0 Å². The Morgan fingerprint density at radius 1 is 0.679 bits per heavy atom. The van der Waals surface area contributed by atoms with Crippen LogP contribution in [0.4, 0.5) is 11.4 Å². The van der Waals surface area contributed by atoms with Crippen LogP contribution in [0.2, 0.25) is 0 Å². The molecule has 0 radical (unpaired) electrons. The van der Waals surface area contributed by atoms with Crippen molar-refractivity contribution in [1.29, 1.82) is 0 Å². The average molecular weight is 366 g/mol. The van der Waals surface area contributed by atoms with Gasteiger partial charge in [-0.1, -0.05) is 66.7 Å². The Kier molecular flexibility index (Phi) is 4.17. The summed E-state index contributed by atoms with van der Waals surface area (Å²) in [6.07, 6.45) is 1.64. The second-order valence-corrected chi connectivity index (χ2v) is 7.27. The quantitative estimate of drug-likeness (QED) is 0.632. The predicted octanol–water partition coefficient (Wildman–Crippen LogP) is 4.65. The van der Waals surface area contributed by atoms with E-state index >= 15 is 0 Å². The molecule has 0 aromatic heterocycles. The number of likely N-dealkylation sites (N-methyl/N-ethyl adjacent to an activating group) is 1. The molecule has 0 spiro atoms. The number of fused-ring (bicyclic) bond motifs is 2. The van der Waals surface area contributed by atoms with Gasteiger partial charge in [0.2, 0.25) is 0 Å². The fourth-order valence-corrected chi connectivity index (χ4v) is 3.99. The number of hydrogen-bond acceptors (Lipinski definition) is 2. The number of rotatable bonds is 3. The van der Waals surface area contributed by atoms with Crippen molar-refractivity contribution in [3.63, 3.8) is 0 Å². The maximum atomic E-state index is 4.72. The molecule has 4 nitrogen and oxygen atoms in total. The van der Waals surface area contributed by atoms with E-state index in [0.717, 1.165) is 31.1 Å². The monoisotopic (exact) mass is 366 g/mol. The van der Waals surface area contributed by atoms with Gasteiger partial charge in [-0.15, -0.1) is 10.2 Å². The highest BCUT2D eigenvalue weighted by Crippen LogP contribution is 2.31. The van der Waals surface area contributed by atoms with Crippen molar-refractivity contribution in [2.75, 3.05) is 16.8 Å². The van der Waals surface area contributed by atoms with Crippen LogP contribution >= 0.6 is 0 Å². The zero-order valence-electron chi connectivity index (χ0n) is 15.9. The van der Waals surface area contributed by atoms with Crippen molar-refractivity contribution >= 4 is 23.0 Å². The number of para-hydroxylation sites is 2. The summed E-state index contributed by atoms with van der Waals surface area (Å²) in [6.45, 7) is 0.803. The summed E-state index contributed by atoms with van der Waals surface area (Å²) < 4.78 is 0. The minimum atomic E-state index is 0.803. The molecule has 138 valence electrons. The van der Waals surface area contributed by atoms with Crippen molar-refractivity contribution in [1.82, 2.24) is 0 Å². The first-order valence-corrected chi connectivity index (χ1v) is 9.64. The Bertz CT molecular complexity index is 1070. The molecule has 0 atom stereocenters. The van der Waals surface area contributed by atoms with E-state index in [-0.39, 0.29) is 0 Å². The summed E-state index contributed by atoms with van der Waals surface area (Å²) in [4.78, 5) is 4.43. The van der Waals surface area contributed by atoms with Gasteiger partial charge in [-0.3, -0.25) is 0 Å². The summed E-state index contributed by atoms with van der Waals surface area (Å²) in [5.41, 5.74) is 6.33. The van der Waals surface area contributed by atoms with Crippen molar-refractivity contribution < 1.29 is 0 Å². The molecule has 4 heteroatoms. The lowest BCUT2D eigenvalue weighted by Gasteiger charge is -2.20. The van der Waals surface area contributed by atoms with Crippen LogP contribution in [0.5, 0.6) is 0 Å². The number of anilines is 2. The minimum Gasteiger partial charge on any atom is -0.331 e. The fraction of sp³-hybridized carbons (Fsp3) is 0.167. The van der Waals surface area contributed by atoms with Crippen molar-refractivity contribution in [3.8, 4) is 0 Å².